The number of carbonyl (C=O) groups is 2. The first-order valence-electron chi connectivity index (χ1n) is 8.57. The van der Waals surface area contributed by atoms with Crippen molar-refractivity contribution in [3.05, 3.63) is 57.8 Å². The van der Waals surface area contributed by atoms with E-state index in [1.165, 1.54) is 11.3 Å². The average Bonchev–Trinajstić information content (AvgIpc) is 3.15. The van der Waals surface area contributed by atoms with E-state index in [0.29, 0.717) is 28.8 Å². The van der Waals surface area contributed by atoms with Crippen LogP contribution >= 0.6 is 11.3 Å². The molecule has 2 N–H and O–H groups in total. The smallest absolute Gasteiger partial charge is 0.339 e. The van der Waals surface area contributed by atoms with E-state index < -0.39 is 5.97 Å². The van der Waals surface area contributed by atoms with Gasteiger partial charge in [-0.25, -0.2) is 9.78 Å². The van der Waals surface area contributed by atoms with E-state index in [1.807, 2.05) is 44.2 Å². The molecule has 3 aromatic rings. The summed E-state index contributed by atoms with van der Waals surface area (Å²) in [7, 11) is 0. The third kappa shape index (κ3) is 3.93. The van der Waals surface area contributed by atoms with Gasteiger partial charge in [-0.3, -0.25) is 4.79 Å². The number of oxazole rings is 1. The Morgan fingerprint density at radius 2 is 1.93 bits per heavy atom. The molecule has 0 aliphatic rings. The Morgan fingerprint density at radius 3 is 2.56 bits per heavy atom. The van der Waals surface area contributed by atoms with Crippen LogP contribution in [0, 0.1) is 13.8 Å². The molecule has 0 saturated carbocycles. The number of hydrogen-bond donors (Lipinski definition) is 2. The minimum Gasteiger partial charge on any atom is -0.478 e. The van der Waals surface area contributed by atoms with E-state index in [4.69, 9.17) is 4.42 Å². The average molecular weight is 384 g/mol. The lowest BCUT2D eigenvalue weighted by molar-refractivity contribution is -0.115. The number of nitrogens with zero attached hydrogens (tertiary/aromatic N) is 1. The molecule has 140 valence electrons. The fraction of sp³-hybridized carbons (Fsp3) is 0.250. The molecule has 0 fully saturated rings. The number of aryl methyl sites for hydroxylation is 2. The number of benzene rings is 1. The molecule has 2 aromatic heterocycles. The minimum absolute atomic E-state index is 0.0135. The highest BCUT2D eigenvalue weighted by molar-refractivity contribution is 7.16. The number of carboxylic acid groups (broad SMARTS) is 1. The first-order chi connectivity index (χ1) is 12.9. The largest absolute Gasteiger partial charge is 0.478 e. The van der Waals surface area contributed by atoms with Crippen molar-refractivity contribution in [3.63, 3.8) is 0 Å². The van der Waals surface area contributed by atoms with Gasteiger partial charge in [0.1, 0.15) is 10.8 Å². The predicted molar refractivity (Wildman–Crippen MR) is 104 cm³/mol. The van der Waals surface area contributed by atoms with E-state index in [1.54, 1.807) is 6.92 Å². The Labute approximate surface area is 160 Å². The zero-order valence-electron chi connectivity index (χ0n) is 15.3. The molecule has 0 saturated heterocycles. The summed E-state index contributed by atoms with van der Waals surface area (Å²) in [6, 6.07) is 9.45. The Balaban J connectivity index is 1.80. The van der Waals surface area contributed by atoms with E-state index in [0.717, 1.165) is 16.0 Å². The van der Waals surface area contributed by atoms with E-state index >= 15 is 0 Å². The maximum Gasteiger partial charge on any atom is 0.339 e. The van der Waals surface area contributed by atoms with Crippen molar-refractivity contribution >= 4 is 28.2 Å². The van der Waals surface area contributed by atoms with Gasteiger partial charge in [-0.1, -0.05) is 25.1 Å². The van der Waals surface area contributed by atoms with Gasteiger partial charge in [0, 0.05) is 10.4 Å². The van der Waals surface area contributed by atoms with E-state index in [2.05, 4.69) is 10.3 Å². The minimum atomic E-state index is -1.03. The first kappa shape index (κ1) is 18.8. The lowest BCUT2D eigenvalue weighted by atomic mass is 10.1. The van der Waals surface area contributed by atoms with Crippen molar-refractivity contribution < 1.29 is 19.1 Å². The molecule has 2 heterocycles. The Morgan fingerprint density at radius 1 is 1.22 bits per heavy atom. The lowest BCUT2D eigenvalue weighted by Crippen LogP contribution is -2.16. The van der Waals surface area contributed by atoms with Gasteiger partial charge >= 0.3 is 5.97 Å². The summed E-state index contributed by atoms with van der Waals surface area (Å²) in [5.74, 6) is -0.325. The summed E-state index contributed by atoms with van der Waals surface area (Å²) < 4.78 is 5.67. The van der Waals surface area contributed by atoms with Crippen LogP contribution in [0.3, 0.4) is 0 Å². The Bertz CT molecular complexity index is 989. The Kier molecular flexibility index (Phi) is 5.41. The number of rotatable bonds is 6. The third-order valence-corrected chi connectivity index (χ3v) is 5.33. The van der Waals surface area contributed by atoms with Crippen LogP contribution in [0.1, 0.15) is 39.2 Å². The molecule has 3 rings (SSSR count). The van der Waals surface area contributed by atoms with E-state index in [9.17, 15) is 14.7 Å². The first-order valence-corrected chi connectivity index (χ1v) is 9.39. The number of anilines is 1. The fourth-order valence-electron chi connectivity index (χ4n) is 2.94. The maximum atomic E-state index is 12.5. The maximum absolute atomic E-state index is 12.5. The fourth-order valence-corrected chi connectivity index (χ4v) is 4.09. The summed E-state index contributed by atoms with van der Waals surface area (Å²) >= 11 is 1.28. The number of amides is 1. The highest BCUT2D eigenvalue weighted by Crippen LogP contribution is 2.33. The van der Waals surface area contributed by atoms with Crippen LogP contribution in [0.25, 0.3) is 11.5 Å². The van der Waals surface area contributed by atoms with Crippen LogP contribution < -0.4 is 5.32 Å². The van der Waals surface area contributed by atoms with Gasteiger partial charge < -0.3 is 14.8 Å². The van der Waals surface area contributed by atoms with Crippen LogP contribution in [0.2, 0.25) is 0 Å². The number of hydrogen-bond acceptors (Lipinski definition) is 5. The molecule has 0 aliphatic heterocycles. The van der Waals surface area contributed by atoms with Crippen molar-refractivity contribution in [3.8, 4) is 11.5 Å². The van der Waals surface area contributed by atoms with Gasteiger partial charge in [-0.05, 0) is 38.0 Å². The zero-order valence-corrected chi connectivity index (χ0v) is 16.1. The second-order valence-electron chi connectivity index (χ2n) is 6.11. The highest BCUT2D eigenvalue weighted by Gasteiger charge is 2.22. The number of nitrogens with one attached hydrogen (secondary N) is 1. The molecule has 6 nitrogen and oxygen atoms in total. The van der Waals surface area contributed by atoms with E-state index in [-0.39, 0.29) is 17.9 Å². The standard InChI is InChI=1S/C20H20N2O4S/c1-4-14-12(3)27-19(17(14)20(24)25)22-16(23)10-15-11(2)26-18(21-15)13-8-6-5-7-9-13/h5-9H,4,10H2,1-3H3,(H,22,23)(H,24,25). The van der Waals surface area contributed by atoms with Crippen molar-refractivity contribution in [1.82, 2.24) is 4.98 Å². The molecular weight excluding hydrogens is 364 g/mol. The van der Waals surface area contributed by atoms with Crippen LogP contribution in [0.4, 0.5) is 5.00 Å². The molecule has 7 heteroatoms. The summed E-state index contributed by atoms with van der Waals surface area (Å²) in [5.41, 5.74) is 2.30. The van der Waals surface area contributed by atoms with Crippen LogP contribution in [-0.4, -0.2) is 22.0 Å². The number of aromatic carboxylic acids is 1. The quantitative estimate of drug-likeness (QED) is 0.654. The second kappa shape index (κ2) is 7.75. The molecule has 0 unspecified atom stereocenters. The second-order valence-corrected chi connectivity index (χ2v) is 7.34. The van der Waals surface area contributed by atoms with Gasteiger partial charge in [-0.15, -0.1) is 11.3 Å². The summed E-state index contributed by atoms with van der Waals surface area (Å²) in [6.45, 7) is 5.52. The van der Waals surface area contributed by atoms with Crippen LogP contribution in [0.5, 0.6) is 0 Å². The monoisotopic (exact) mass is 384 g/mol. The number of carboxylic acids is 1. The molecule has 27 heavy (non-hydrogen) atoms. The summed E-state index contributed by atoms with van der Waals surface area (Å²) in [4.78, 5) is 29.4. The molecule has 0 aliphatic carbocycles. The highest BCUT2D eigenvalue weighted by atomic mass is 32.1. The number of aromatic nitrogens is 1. The Hall–Kier alpha value is -2.93. The third-order valence-electron chi connectivity index (χ3n) is 4.27. The molecule has 0 radical (unpaired) electrons. The normalized spacial score (nSPS) is 10.8. The van der Waals surface area contributed by atoms with Crippen molar-refractivity contribution in [2.75, 3.05) is 5.32 Å². The molecule has 0 bridgehead atoms. The van der Waals surface area contributed by atoms with Crippen LogP contribution in [0.15, 0.2) is 34.7 Å². The van der Waals surface area contributed by atoms with Crippen LogP contribution in [-0.2, 0) is 17.6 Å². The lowest BCUT2D eigenvalue weighted by Gasteiger charge is -2.04. The van der Waals surface area contributed by atoms with Crippen molar-refractivity contribution in [2.45, 2.75) is 33.6 Å². The SMILES string of the molecule is CCc1c(C)sc(NC(=O)Cc2nc(-c3ccccc3)oc2C)c1C(=O)O. The molecule has 0 spiro atoms. The molecule has 1 amide bonds. The topological polar surface area (TPSA) is 92.4 Å². The van der Waals surface area contributed by atoms with Gasteiger partial charge in [0.15, 0.2) is 0 Å². The number of carbonyl (C=O) groups excluding carboxylic acids is 1. The van der Waals surface area contributed by atoms with Gasteiger partial charge in [-0.2, -0.15) is 0 Å². The summed E-state index contributed by atoms with van der Waals surface area (Å²) in [6.07, 6.45) is 0.613. The predicted octanol–water partition coefficient (Wildman–Crippen LogP) is 4.46. The molecular formula is C20H20N2O4S. The van der Waals surface area contributed by atoms with Crippen molar-refractivity contribution in [2.24, 2.45) is 0 Å². The van der Waals surface area contributed by atoms with Gasteiger partial charge in [0.05, 0.1) is 17.7 Å². The summed E-state index contributed by atoms with van der Waals surface area (Å²) in [5, 5.41) is 12.6. The molecule has 1 aromatic carbocycles. The van der Waals surface area contributed by atoms with Gasteiger partial charge in [0.2, 0.25) is 11.8 Å². The molecule has 0 atom stereocenters. The number of thiophene rings is 1. The van der Waals surface area contributed by atoms with Crippen molar-refractivity contribution in [1.29, 1.82) is 0 Å². The zero-order chi connectivity index (χ0) is 19.6. The van der Waals surface area contributed by atoms with Gasteiger partial charge in [0.25, 0.3) is 0 Å².